The number of aliphatic hydroxyl groups excluding tert-OH is 1. The van der Waals surface area contributed by atoms with E-state index in [0.29, 0.717) is 55.1 Å². The van der Waals surface area contributed by atoms with E-state index in [4.69, 9.17) is 18.9 Å². The average Bonchev–Trinajstić information content (AvgIpc) is 3.47. The van der Waals surface area contributed by atoms with Gasteiger partial charge in [-0.3, -0.25) is 9.59 Å². The zero-order valence-corrected chi connectivity index (χ0v) is 34.9. The first-order valence-corrected chi connectivity index (χ1v) is 20.8. The molecule has 0 aromatic heterocycles. The maximum Gasteiger partial charge on any atom is 0.227 e. The van der Waals surface area contributed by atoms with Crippen molar-refractivity contribution in [3.8, 4) is 23.0 Å². The van der Waals surface area contributed by atoms with Gasteiger partial charge in [0.05, 0.1) is 53.1 Å². The van der Waals surface area contributed by atoms with Crippen LogP contribution in [0.2, 0.25) is 0 Å². The fourth-order valence-corrected chi connectivity index (χ4v) is 9.81. The van der Waals surface area contributed by atoms with E-state index in [1.165, 1.54) is 5.57 Å². The number of benzene rings is 3. The number of amides is 1. The fourth-order valence-electron chi connectivity index (χ4n) is 9.81. The summed E-state index contributed by atoms with van der Waals surface area (Å²) in [5, 5.41) is 24.3. The lowest BCUT2D eigenvalue weighted by Gasteiger charge is -2.46. The summed E-state index contributed by atoms with van der Waals surface area (Å²) >= 11 is 0. The van der Waals surface area contributed by atoms with Gasteiger partial charge in [0.1, 0.15) is 11.5 Å². The van der Waals surface area contributed by atoms with E-state index >= 15 is 0 Å². The Morgan fingerprint density at radius 1 is 0.825 bits per heavy atom. The zero-order valence-electron chi connectivity index (χ0n) is 34.9. The Labute approximate surface area is 339 Å². The molecule has 3 aromatic carbocycles. The molecule has 0 radical (unpaired) electrons. The molecular formula is C48H63NO8. The van der Waals surface area contributed by atoms with Crippen molar-refractivity contribution in [1.82, 2.24) is 4.90 Å². The van der Waals surface area contributed by atoms with Crippen molar-refractivity contribution in [2.24, 2.45) is 11.3 Å². The first-order chi connectivity index (χ1) is 27.4. The normalized spacial score (nSPS) is 24.2. The molecule has 9 heteroatoms. The van der Waals surface area contributed by atoms with Crippen molar-refractivity contribution in [1.29, 1.82) is 0 Å². The highest BCUT2D eigenvalue weighted by molar-refractivity contribution is 5.99. The van der Waals surface area contributed by atoms with Gasteiger partial charge >= 0.3 is 0 Å². The fraction of sp³-hybridized carbons (Fsp3) is 0.542. The first kappa shape index (κ1) is 42.3. The van der Waals surface area contributed by atoms with Crippen LogP contribution in [0.4, 0.5) is 0 Å². The quantitative estimate of drug-likeness (QED) is 0.139. The van der Waals surface area contributed by atoms with Gasteiger partial charge in [0.15, 0.2) is 17.3 Å². The van der Waals surface area contributed by atoms with Crippen LogP contribution in [0.5, 0.6) is 23.0 Å². The van der Waals surface area contributed by atoms with Crippen LogP contribution in [0.1, 0.15) is 123 Å². The molecule has 4 aliphatic rings. The molecule has 4 aliphatic carbocycles. The highest BCUT2D eigenvalue weighted by Gasteiger charge is 2.57. The van der Waals surface area contributed by atoms with Crippen molar-refractivity contribution >= 4 is 11.7 Å². The lowest BCUT2D eigenvalue weighted by molar-refractivity contribution is -0.140. The largest absolute Gasteiger partial charge is 0.497 e. The van der Waals surface area contributed by atoms with Crippen LogP contribution in [0, 0.1) is 11.3 Å². The Hall–Kier alpha value is -4.34. The molecule has 0 aliphatic heterocycles. The number of ether oxygens (including phenoxy) is 4. The minimum absolute atomic E-state index is 0.0159. The van der Waals surface area contributed by atoms with Gasteiger partial charge < -0.3 is 34.1 Å². The van der Waals surface area contributed by atoms with Gasteiger partial charge in [0.25, 0.3) is 0 Å². The van der Waals surface area contributed by atoms with E-state index in [0.717, 1.165) is 72.8 Å². The van der Waals surface area contributed by atoms with Gasteiger partial charge in [-0.05, 0) is 118 Å². The molecule has 0 saturated heterocycles. The number of carbonyl (C=O) groups excluding carboxylic acids is 2. The number of ketones is 1. The number of methoxy groups -OCH3 is 4. The number of nitrogens with zero attached hydrogens (tertiary/aromatic N) is 1. The van der Waals surface area contributed by atoms with Crippen LogP contribution < -0.4 is 18.9 Å². The molecule has 2 bridgehead atoms. The van der Waals surface area contributed by atoms with Gasteiger partial charge in [-0.2, -0.15) is 0 Å². The number of allylic oxidation sites excluding steroid dienone is 2. The Bertz CT molecular complexity index is 1920. The lowest BCUT2D eigenvalue weighted by atomic mass is 9.64. The van der Waals surface area contributed by atoms with Crippen molar-refractivity contribution in [3.05, 3.63) is 94.1 Å². The van der Waals surface area contributed by atoms with Crippen molar-refractivity contribution < 1.29 is 38.7 Å². The number of Topliss-reactive ketones (excluding diaryl/α,β-unsaturated/α-hetero) is 1. The monoisotopic (exact) mass is 781 g/mol. The van der Waals surface area contributed by atoms with Crippen molar-refractivity contribution in [2.45, 2.75) is 121 Å². The van der Waals surface area contributed by atoms with E-state index < -0.39 is 17.1 Å². The Morgan fingerprint density at radius 2 is 1.58 bits per heavy atom. The van der Waals surface area contributed by atoms with Gasteiger partial charge in [-0.25, -0.2) is 0 Å². The van der Waals surface area contributed by atoms with Crippen molar-refractivity contribution in [3.63, 3.8) is 0 Å². The Kier molecular flexibility index (Phi) is 13.7. The molecule has 2 fully saturated rings. The van der Waals surface area contributed by atoms with E-state index in [-0.39, 0.29) is 43.0 Å². The summed E-state index contributed by atoms with van der Waals surface area (Å²) in [7, 11) is 6.37. The number of rotatable bonds is 12. The van der Waals surface area contributed by atoms with Gasteiger partial charge in [0, 0.05) is 35.1 Å². The third-order valence-electron chi connectivity index (χ3n) is 13.4. The molecule has 3 aromatic rings. The highest BCUT2D eigenvalue weighted by atomic mass is 16.5. The number of aliphatic hydroxyl groups is 2. The molecule has 2 saturated carbocycles. The molecule has 0 spiro atoms. The van der Waals surface area contributed by atoms with Crippen LogP contribution in [0.25, 0.3) is 0 Å². The third kappa shape index (κ3) is 9.36. The Morgan fingerprint density at radius 3 is 2.30 bits per heavy atom. The minimum atomic E-state index is -1.29. The third-order valence-corrected chi connectivity index (χ3v) is 13.4. The topological polar surface area (TPSA) is 115 Å². The molecule has 2 N–H and O–H groups in total. The maximum absolute atomic E-state index is 14.7. The van der Waals surface area contributed by atoms with Crippen LogP contribution in [-0.4, -0.2) is 73.5 Å². The lowest BCUT2D eigenvalue weighted by Crippen LogP contribution is -2.53. The summed E-state index contributed by atoms with van der Waals surface area (Å²) in [5.41, 5.74) is 3.51. The zero-order chi connectivity index (χ0) is 40.7. The second kappa shape index (κ2) is 18.5. The van der Waals surface area contributed by atoms with E-state index in [1.54, 1.807) is 39.4 Å². The molecule has 4 unspecified atom stereocenters. The van der Waals surface area contributed by atoms with E-state index in [9.17, 15) is 19.8 Å². The Balaban J connectivity index is 1.42. The van der Waals surface area contributed by atoms with Gasteiger partial charge in [-0.1, -0.05) is 56.0 Å². The average molecular weight is 782 g/mol. The summed E-state index contributed by atoms with van der Waals surface area (Å²) in [6, 6.07) is 17.3. The molecule has 1 amide bonds. The molecule has 7 rings (SSSR count). The summed E-state index contributed by atoms with van der Waals surface area (Å²) in [5.74, 6) is 2.26. The summed E-state index contributed by atoms with van der Waals surface area (Å²) in [6.07, 6.45) is 11.4. The minimum Gasteiger partial charge on any atom is -0.497 e. The predicted molar refractivity (Wildman–Crippen MR) is 223 cm³/mol. The standard InChI is InChI=1S/C48H63NO8/c1-32-11-10-23-47(2)41(39-20-15-33(25-37(50)18-14-32)26-40(39)46(52)35-12-8-7-9-13-35)22-24-48(47,53)31-49(30-36-17-19-38(54-3)29-43(36)56-5)45(51)28-34-16-21-42(55-4)44(27-34)57-6/h11,15-17,19-21,26-27,29,35,37,41,50,53H,7-10,12-14,18,22-25,28,30-31H2,1-6H3. The van der Waals surface area contributed by atoms with Crippen LogP contribution in [0.3, 0.4) is 0 Å². The maximum atomic E-state index is 14.7. The van der Waals surface area contributed by atoms with Gasteiger partial charge in [0.2, 0.25) is 5.91 Å². The number of hydrogen-bond acceptors (Lipinski definition) is 8. The molecule has 9 nitrogen and oxygen atoms in total. The molecule has 4 atom stereocenters. The summed E-state index contributed by atoms with van der Waals surface area (Å²) < 4.78 is 22.3. The summed E-state index contributed by atoms with van der Waals surface area (Å²) in [6.45, 7) is 4.60. The van der Waals surface area contributed by atoms with Crippen molar-refractivity contribution in [2.75, 3.05) is 35.0 Å². The SMILES string of the molecule is COc1ccc(CN(CC2(O)CCC3c4ccc(cc4C(=O)C4CCCCC4)CC(O)CCC(C)=CCCC32C)C(=O)Cc2ccc(OC)c(OC)c2)c(OC)c1. The first-order valence-electron chi connectivity index (χ1n) is 20.8. The second-order valence-electron chi connectivity index (χ2n) is 16.9. The van der Waals surface area contributed by atoms with Gasteiger partial charge in [-0.15, -0.1) is 0 Å². The van der Waals surface area contributed by atoms with Crippen LogP contribution >= 0.6 is 0 Å². The second-order valence-corrected chi connectivity index (χ2v) is 16.9. The predicted octanol–water partition coefficient (Wildman–Crippen LogP) is 8.79. The van der Waals surface area contributed by atoms with Crippen LogP contribution in [0.15, 0.2) is 66.2 Å². The molecular weight excluding hydrogens is 719 g/mol. The number of carbonyl (C=O) groups is 2. The van der Waals surface area contributed by atoms with E-state index in [2.05, 4.69) is 38.1 Å². The van der Waals surface area contributed by atoms with Crippen LogP contribution in [-0.2, 0) is 24.2 Å². The van der Waals surface area contributed by atoms with E-state index in [1.807, 2.05) is 30.3 Å². The molecule has 0 heterocycles. The smallest absolute Gasteiger partial charge is 0.227 e. The summed E-state index contributed by atoms with van der Waals surface area (Å²) in [4.78, 5) is 31.0. The molecule has 308 valence electrons. The number of hydrogen-bond donors (Lipinski definition) is 2. The molecule has 57 heavy (non-hydrogen) atoms. The highest BCUT2D eigenvalue weighted by Crippen LogP contribution is 2.59. The number of fused-ring (bicyclic) bond motifs is 8.